The van der Waals surface area contributed by atoms with Crippen molar-refractivity contribution in [3.63, 3.8) is 0 Å². The Labute approximate surface area is 196 Å². The third-order valence-electron chi connectivity index (χ3n) is 6.08. The van der Waals surface area contributed by atoms with Crippen LogP contribution in [0.15, 0.2) is 59.1 Å². The number of ketones is 1. The van der Waals surface area contributed by atoms with E-state index < -0.39 is 5.92 Å². The first-order chi connectivity index (χ1) is 15.9. The van der Waals surface area contributed by atoms with Gasteiger partial charge in [0.05, 0.1) is 29.7 Å². The topological polar surface area (TPSA) is 88.6 Å². The van der Waals surface area contributed by atoms with Gasteiger partial charge in [-0.2, -0.15) is 5.26 Å². The summed E-state index contributed by atoms with van der Waals surface area (Å²) in [5.74, 6) is -0.173. The Balaban J connectivity index is 1.77. The summed E-state index contributed by atoms with van der Waals surface area (Å²) in [7, 11) is 3.23. The highest BCUT2D eigenvalue weighted by molar-refractivity contribution is 6.32. The molecule has 33 heavy (non-hydrogen) atoms. The molecule has 2 aromatic carbocycles. The maximum atomic E-state index is 14.0. The lowest BCUT2D eigenvalue weighted by Gasteiger charge is -2.37. The Morgan fingerprint density at radius 1 is 1.30 bits per heavy atom. The second-order valence-electron chi connectivity index (χ2n) is 7.95. The van der Waals surface area contributed by atoms with Gasteiger partial charge in [-0.3, -0.25) is 4.79 Å². The van der Waals surface area contributed by atoms with Crippen molar-refractivity contribution in [2.45, 2.75) is 31.8 Å². The van der Waals surface area contributed by atoms with E-state index in [4.69, 9.17) is 26.8 Å². The Kier molecular flexibility index (Phi) is 6.30. The molecule has 1 atom stereocenters. The van der Waals surface area contributed by atoms with Gasteiger partial charge in [0.2, 0.25) is 0 Å². The first kappa shape index (κ1) is 22.7. The number of halogens is 2. The van der Waals surface area contributed by atoms with Crippen LogP contribution in [0.3, 0.4) is 0 Å². The van der Waals surface area contributed by atoms with Crippen LogP contribution in [0.5, 0.6) is 11.5 Å². The van der Waals surface area contributed by atoms with Crippen LogP contribution in [-0.4, -0.2) is 24.8 Å². The van der Waals surface area contributed by atoms with Crippen LogP contribution < -0.4 is 15.2 Å². The maximum Gasteiger partial charge on any atom is 0.180 e. The molecule has 0 amide bonds. The van der Waals surface area contributed by atoms with Gasteiger partial charge in [0, 0.05) is 30.3 Å². The number of nitrogens with two attached hydrogens (primary N) is 1. The van der Waals surface area contributed by atoms with E-state index in [2.05, 4.69) is 6.07 Å². The Morgan fingerprint density at radius 3 is 2.76 bits per heavy atom. The van der Waals surface area contributed by atoms with Crippen molar-refractivity contribution in [3.05, 3.63) is 81.0 Å². The van der Waals surface area contributed by atoms with Crippen LogP contribution >= 0.6 is 11.6 Å². The van der Waals surface area contributed by atoms with Gasteiger partial charge in [-0.05, 0) is 36.6 Å². The van der Waals surface area contributed by atoms with Crippen LogP contribution in [0.4, 0.5) is 4.39 Å². The Bertz CT molecular complexity index is 1230. The molecule has 1 aliphatic carbocycles. The van der Waals surface area contributed by atoms with Crippen LogP contribution in [0.1, 0.15) is 36.3 Å². The number of hydrogen-bond donors (Lipinski definition) is 1. The van der Waals surface area contributed by atoms with Gasteiger partial charge < -0.3 is 20.1 Å². The zero-order valence-corrected chi connectivity index (χ0v) is 19.1. The molecule has 2 aliphatic rings. The fourth-order valence-corrected chi connectivity index (χ4v) is 4.68. The maximum absolute atomic E-state index is 14.0. The number of nitrogens with zero attached hydrogens (tertiary/aromatic N) is 2. The van der Waals surface area contributed by atoms with Gasteiger partial charge >= 0.3 is 0 Å². The highest BCUT2D eigenvalue weighted by Crippen LogP contribution is 2.47. The van der Waals surface area contributed by atoms with Crippen molar-refractivity contribution in [1.29, 1.82) is 5.26 Å². The van der Waals surface area contributed by atoms with Crippen LogP contribution in [0, 0.1) is 17.1 Å². The van der Waals surface area contributed by atoms with E-state index in [1.807, 2.05) is 0 Å². The number of Topliss-reactive ketones (excluding diaryl/α,β-unsaturated/α-hetero) is 1. The summed E-state index contributed by atoms with van der Waals surface area (Å²) in [4.78, 5) is 14.7. The molecule has 170 valence electrons. The van der Waals surface area contributed by atoms with Gasteiger partial charge in [0.25, 0.3) is 0 Å². The molecule has 2 N–H and O–H groups in total. The lowest BCUT2D eigenvalue weighted by molar-refractivity contribution is -0.116. The van der Waals surface area contributed by atoms with Crippen molar-refractivity contribution in [2.75, 3.05) is 14.2 Å². The monoisotopic (exact) mass is 467 g/mol. The third kappa shape index (κ3) is 4.03. The van der Waals surface area contributed by atoms with Crippen LogP contribution in [0.2, 0.25) is 5.02 Å². The summed E-state index contributed by atoms with van der Waals surface area (Å²) in [5.41, 5.74) is 8.94. The second kappa shape index (κ2) is 9.16. The summed E-state index contributed by atoms with van der Waals surface area (Å²) in [5, 5.41) is 10.1. The summed E-state index contributed by atoms with van der Waals surface area (Å²) in [6.45, 7) is -0.0413. The largest absolute Gasteiger partial charge is 0.493 e. The van der Waals surface area contributed by atoms with Crippen molar-refractivity contribution < 1.29 is 18.7 Å². The summed E-state index contributed by atoms with van der Waals surface area (Å²) < 4.78 is 25.3. The van der Waals surface area contributed by atoms with E-state index in [-0.39, 0.29) is 34.6 Å². The molecule has 8 heteroatoms. The number of carbonyl (C=O) groups is 1. The first-order valence-electron chi connectivity index (χ1n) is 10.5. The predicted molar refractivity (Wildman–Crippen MR) is 122 cm³/mol. The summed E-state index contributed by atoms with van der Waals surface area (Å²) in [6.07, 6.45) is 1.84. The molecule has 0 radical (unpaired) electrons. The van der Waals surface area contributed by atoms with Crippen molar-refractivity contribution >= 4 is 17.4 Å². The standard InChI is InChI=1S/C25H23ClFN3O3/c1-30-19-8-5-9-20(31)23(19)22(16(12-28)25(30)29)15-10-17(26)24(21(11-15)32-2)33-13-14-6-3-4-7-18(14)27/h3-4,6-7,10-11,22H,5,8-9,13,29H2,1-2H3/t22-/m0/s1. The molecule has 4 rings (SSSR count). The van der Waals surface area contributed by atoms with Crippen LogP contribution in [-0.2, 0) is 11.4 Å². The van der Waals surface area contributed by atoms with Crippen molar-refractivity contribution in [2.24, 2.45) is 5.73 Å². The molecular weight excluding hydrogens is 445 g/mol. The minimum Gasteiger partial charge on any atom is -0.493 e. The lowest BCUT2D eigenvalue weighted by atomic mass is 9.76. The Morgan fingerprint density at radius 2 is 2.06 bits per heavy atom. The Hall–Kier alpha value is -3.50. The van der Waals surface area contributed by atoms with Gasteiger partial charge in [0.15, 0.2) is 17.3 Å². The van der Waals surface area contributed by atoms with Gasteiger partial charge in [-0.1, -0.05) is 29.8 Å². The molecule has 6 nitrogen and oxygen atoms in total. The number of nitriles is 1. The number of allylic oxidation sites excluding steroid dienone is 3. The summed E-state index contributed by atoms with van der Waals surface area (Å²) in [6, 6.07) is 11.8. The van der Waals surface area contributed by atoms with E-state index in [9.17, 15) is 14.4 Å². The fraction of sp³-hybridized carbons (Fsp3) is 0.280. The highest BCUT2D eigenvalue weighted by Gasteiger charge is 2.39. The van der Waals surface area contributed by atoms with Crippen LogP contribution in [0.25, 0.3) is 0 Å². The second-order valence-corrected chi connectivity index (χ2v) is 8.36. The molecule has 0 saturated heterocycles. The average Bonchev–Trinajstić information content (AvgIpc) is 2.81. The van der Waals surface area contributed by atoms with Crippen molar-refractivity contribution in [1.82, 2.24) is 4.90 Å². The molecule has 0 bridgehead atoms. The molecule has 0 unspecified atom stereocenters. The molecule has 1 heterocycles. The normalized spacial score (nSPS) is 18.2. The van der Waals surface area contributed by atoms with E-state index in [1.165, 1.54) is 13.2 Å². The van der Waals surface area contributed by atoms with E-state index in [0.29, 0.717) is 41.1 Å². The van der Waals surface area contributed by atoms with Crippen molar-refractivity contribution in [3.8, 4) is 17.6 Å². The van der Waals surface area contributed by atoms with Gasteiger partial charge in [-0.15, -0.1) is 0 Å². The quantitative estimate of drug-likeness (QED) is 0.679. The van der Waals surface area contributed by atoms with E-state index in [0.717, 1.165) is 12.1 Å². The third-order valence-corrected chi connectivity index (χ3v) is 6.36. The number of ether oxygens (including phenoxy) is 2. The van der Waals surface area contributed by atoms with Gasteiger partial charge in [-0.25, -0.2) is 4.39 Å². The first-order valence-corrected chi connectivity index (χ1v) is 10.9. The zero-order valence-electron chi connectivity index (χ0n) is 18.3. The molecule has 0 saturated carbocycles. The van der Waals surface area contributed by atoms with E-state index in [1.54, 1.807) is 42.3 Å². The molecule has 0 aromatic heterocycles. The minimum atomic E-state index is -0.652. The fourth-order valence-electron chi connectivity index (χ4n) is 4.41. The summed E-state index contributed by atoms with van der Waals surface area (Å²) >= 11 is 6.57. The molecular formula is C25H23ClFN3O3. The van der Waals surface area contributed by atoms with Gasteiger partial charge in [0.1, 0.15) is 18.2 Å². The molecule has 1 aliphatic heterocycles. The number of carbonyl (C=O) groups excluding carboxylic acids is 1. The number of rotatable bonds is 5. The average molecular weight is 468 g/mol. The minimum absolute atomic E-state index is 0.0108. The SMILES string of the molecule is COc1cc([C@H]2C(C#N)=C(N)N(C)C3=C2C(=O)CCC3)cc(Cl)c1OCc1ccccc1F. The molecule has 0 spiro atoms. The lowest BCUT2D eigenvalue weighted by Crippen LogP contribution is -2.36. The highest BCUT2D eigenvalue weighted by atomic mass is 35.5. The number of methoxy groups -OCH3 is 1. The molecule has 2 aromatic rings. The predicted octanol–water partition coefficient (Wildman–Crippen LogP) is 4.80. The zero-order chi connectivity index (χ0) is 23.7. The number of hydrogen-bond acceptors (Lipinski definition) is 6. The number of benzene rings is 2. The smallest absolute Gasteiger partial charge is 0.180 e. The molecule has 0 fully saturated rings. The van der Waals surface area contributed by atoms with E-state index >= 15 is 0 Å².